The predicted molar refractivity (Wildman–Crippen MR) is 76.8 cm³/mol. The molecule has 1 aliphatic heterocycles. The lowest BCUT2D eigenvalue weighted by molar-refractivity contribution is -0.385. The molecule has 0 saturated carbocycles. The molecule has 0 saturated heterocycles. The van der Waals surface area contributed by atoms with Crippen LogP contribution in [-0.4, -0.2) is 20.6 Å². The van der Waals surface area contributed by atoms with Gasteiger partial charge in [0.05, 0.1) is 11.0 Å². The van der Waals surface area contributed by atoms with Gasteiger partial charge >= 0.3 is 5.69 Å². The van der Waals surface area contributed by atoms with Gasteiger partial charge in [-0.15, -0.1) is 11.8 Å². The number of rotatable bonds is 3. The number of benzene rings is 1. The zero-order valence-corrected chi connectivity index (χ0v) is 11.6. The molecule has 1 aliphatic rings. The highest BCUT2D eigenvalue weighted by molar-refractivity contribution is 7.99. The van der Waals surface area contributed by atoms with E-state index in [1.54, 1.807) is 6.07 Å². The Bertz CT molecular complexity index is 680. The molecule has 1 aromatic heterocycles. The molecule has 0 radical (unpaired) electrons. The third kappa shape index (κ3) is 2.80. The molecule has 3 rings (SSSR count). The molecule has 2 aromatic rings. The number of halogens is 1. The van der Waals surface area contributed by atoms with Crippen LogP contribution in [0.25, 0.3) is 0 Å². The fourth-order valence-corrected chi connectivity index (χ4v) is 3.32. The lowest BCUT2D eigenvalue weighted by Crippen LogP contribution is -2.18. The largest absolute Gasteiger partial charge is 0.347 e. The zero-order valence-electron chi connectivity index (χ0n) is 10.8. The SMILES string of the molecule is O=[N+]([O-])c1cnc(NC2CCSc3c(F)cccc32)nc1. The molecule has 0 bridgehead atoms. The Morgan fingerprint density at radius 3 is 2.86 bits per heavy atom. The van der Waals surface area contributed by atoms with Crippen LogP contribution in [-0.2, 0) is 0 Å². The molecular weight excluding hydrogens is 295 g/mol. The summed E-state index contributed by atoms with van der Waals surface area (Å²) < 4.78 is 13.8. The Hall–Kier alpha value is -2.22. The van der Waals surface area contributed by atoms with E-state index in [-0.39, 0.29) is 17.5 Å². The summed E-state index contributed by atoms with van der Waals surface area (Å²) in [6, 6.07) is 4.88. The highest BCUT2D eigenvalue weighted by Crippen LogP contribution is 2.38. The topological polar surface area (TPSA) is 81.0 Å². The van der Waals surface area contributed by atoms with Crippen molar-refractivity contribution in [1.82, 2.24) is 9.97 Å². The zero-order chi connectivity index (χ0) is 14.8. The second-order valence-electron chi connectivity index (χ2n) is 4.51. The smallest absolute Gasteiger partial charge is 0.305 e. The highest BCUT2D eigenvalue weighted by Gasteiger charge is 2.23. The molecule has 8 heteroatoms. The van der Waals surface area contributed by atoms with Crippen molar-refractivity contribution >= 4 is 23.4 Å². The van der Waals surface area contributed by atoms with Crippen molar-refractivity contribution in [2.45, 2.75) is 17.4 Å². The third-order valence-electron chi connectivity index (χ3n) is 3.18. The van der Waals surface area contributed by atoms with Crippen LogP contribution in [0.2, 0.25) is 0 Å². The van der Waals surface area contributed by atoms with E-state index in [0.29, 0.717) is 10.8 Å². The quantitative estimate of drug-likeness (QED) is 0.693. The summed E-state index contributed by atoms with van der Waals surface area (Å²) in [4.78, 5) is 18.5. The Morgan fingerprint density at radius 2 is 2.14 bits per heavy atom. The van der Waals surface area contributed by atoms with Crippen LogP contribution in [0.1, 0.15) is 18.0 Å². The average Bonchev–Trinajstić information content (AvgIpc) is 2.49. The minimum atomic E-state index is -0.550. The van der Waals surface area contributed by atoms with E-state index < -0.39 is 4.92 Å². The summed E-state index contributed by atoms with van der Waals surface area (Å²) in [7, 11) is 0. The van der Waals surface area contributed by atoms with Crippen LogP contribution in [0.4, 0.5) is 16.0 Å². The molecule has 1 aromatic carbocycles. The van der Waals surface area contributed by atoms with E-state index in [9.17, 15) is 14.5 Å². The van der Waals surface area contributed by atoms with Gasteiger partial charge in [-0.3, -0.25) is 10.1 Å². The van der Waals surface area contributed by atoms with Gasteiger partial charge in [0.2, 0.25) is 5.95 Å². The van der Waals surface area contributed by atoms with Gasteiger partial charge in [0, 0.05) is 10.6 Å². The number of thioether (sulfide) groups is 1. The minimum absolute atomic E-state index is 0.0987. The fraction of sp³-hybridized carbons (Fsp3) is 0.231. The van der Waals surface area contributed by atoms with Crippen LogP contribution in [0, 0.1) is 15.9 Å². The van der Waals surface area contributed by atoms with Gasteiger partial charge < -0.3 is 5.32 Å². The molecule has 0 aliphatic carbocycles. The molecule has 0 fully saturated rings. The summed E-state index contributed by atoms with van der Waals surface area (Å²) in [6.45, 7) is 0. The molecule has 2 heterocycles. The Labute approximate surface area is 124 Å². The van der Waals surface area contributed by atoms with Crippen molar-refractivity contribution in [3.63, 3.8) is 0 Å². The first kappa shape index (κ1) is 13.7. The number of nitro groups is 1. The molecule has 1 atom stereocenters. The first-order valence-corrected chi connectivity index (χ1v) is 7.28. The van der Waals surface area contributed by atoms with Crippen molar-refractivity contribution in [2.75, 3.05) is 11.1 Å². The normalized spacial score (nSPS) is 17.1. The Kier molecular flexibility index (Phi) is 3.70. The molecule has 1 N–H and O–H groups in total. The lowest BCUT2D eigenvalue weighted by Gasteiger charge is -2.26. The van der Waals surface area contributed by atoms with Gasteiger partial charge in [-0.2, -0.15) is 0 Å². The summed E-state index contributed by atoms with van der Waals surface area (Å²) in [6.07, 6.45) is 3.11. The van der Waals surface area contributed by atoms with Crippen LogP contribution in [0.5, 0.6) is 0 Å². The highest BCUT2D eigenvalue weighted by atomic mass is 32.2. The van der Waals surface area contributed by atoms with E-state index in [2.05, 4.69) is 15.3 Å². The number of nitrogens with one attached hydrogen (secondary N) is 1. The number of fused-ring (bicyclic) bond motifs is 1. The summed E-state index contributed by atoms with van der Waals surface area (Å²) in [5, 5.41) is 13.7. The van der Waals surface area contributed by atoms with E-state index >= 15 is 0 Å². The fourth-order valence-electron chi connectivity index (χ4n) is 2.18. The predicted octanol–water partition coefficient (Wildman–Crippen LogP) is 3.17. The standard InChI is InChI=1S/C13H11FN4O2S/c14-10-3-1-2-9-11(4-5-21-12(9)10)17-13-15-6-8(7-16-13)18(19)20/h1-3,6-7,11H,4-5H2,(H,15,16,17). The molecule has 6 nitrogen and oxygen atoms in total. The first-order valence-electron chi connectivity index (χ1n) is 6.29. The maximum Gasteiger partial charge on any atom is 0.305 e. The lowest BCUT2D eigenvalue weighted by atomic mass is 10.0. The minimum Gasteiger partial charge on any atom is -0.347 e. The summed E-state index contributed by atoms with van der Waals surface area (Å²) in [5.41, 5.74) is 0.708. The molecule has 21 heavy (non-hydrogen) atoms. The van der Waals surface area contributed by atoms with Gasteiger partial charge in [0.15, 0.2) is 0 Å². The molecule has 0 spiro atoms. The van der Waals surface area contributed by atoms with Gasteiger partial charge in [-0.25, -0.2) is 14.4 Å². The van der Waals surface area contributed by atoms with Gasteiger partial charge in [-0.05, 0) is 18.1 Å². The van der Waals surface area contributed by atoms with Crippen molar-refractivity contribution in [3.05, 3.63) is 52.1 Å². The van der Waals surface area contributed by atoms with E-state index in [1.807, 2.05) is 6.07 Å². The molecule has 108 valence electrons. The molecule has 1 unspecified atom stereocenters. The van der Waals surface area contributed by atoms with Crippen molar-refractivity contribution in [1.29, 1.82) is 0 Å². The third-order valence-corrected chi connectivity index (χ3v) is 4.34. The van der Waals surface area contributed by atoms with E-state index in [0.717, 1.165) is 30.1 Å². The van der Waals surface area contributed by atoms with Crippen LogP contribution in [0.3, 0.4) is 0 Å². The van der Waals surface area contributed by atoms with E-state index in [4.69, 9.17) is 0 Å². The average molecular weight is 306 g/mol. The number of nitrogens with zero attached hydrogens (tertiary/aromatic N) is 3. The van der Waals surface area contributed by atoms with Gasteiger partial charge in [0.25, 0.3) is 0 Å². The van der Waals surface area contributed by atoms with Crippen molar-refractivity contribution in [3.8, 4) is 0 Å². The van der Waals surface area contributed by atoms with Gasteiger partial charge in [-0.1, -0.05) is 12.1 Å². The first-order chi connectivity index (χ1) is 10.1. The monoisotopic (exact) mass is 306 g/mol. The van der Waals surface area contributed by atoms with Gasteiger partial charge in [0.1, 0.15) is 18.2 Å². The number of hydrogen-bond donors (Lipinski definition) is 1. The maximum absolute atomic E-state index is 13.8. The summed E-state index contributed by atoms with van der Waals surface area (Å²) >= 11 is 1.49. The Morgan fingerprint density at radius 1 is 1.38 bits per heavy atom. The number of aromatic nitrogens is 2. The van der Waals surface area contributed by atoms with Crippen molar-refractivity contribution < 1.29 is 9.31 Å². The maximum atomic E-state index is 13.8. The van der Waals surface area contributed by atoms with Crippen LogP contribution in [0.15, 0.2) is 35.5 Å². The van der Waals surface area contributed by atoms with Crippen LogP contribution >= 0.6 is 11.8 Å². The number of anilines is 1. The second-order valence-corrected chi connectivity index (χ2v) is 5.62. The van der Waals surface area contributed by atoms with Crippen molar-refractivity contribution in [2.24, 2.45) is 0 Å². The molecular formula is C13H11FN4O2S. The summed E-state index contributed by atoms with van der Waals surface area (Å²) in [5.74, 6) is 0.861. The van der Waals surface area contributed by atoms with E-state index in [1.165, 1.54) is 17.8 Å². The van der Waals surface area contributed by atoms with Crippen LogP contribution < -0.4 is 5.32 Å². The molecule has 0 amide bonds. The Balaban J connectivity index is 1.83. The second kappa shape index (κ2) is 5.65. The number of hydrogen-bond acceptors (Lipinski definition) is 6.